The topological polar surface area (TPSA) is 12.9 Å². The highest BCUT2D eigenvalue weighted by atomic mass is 32.1. The molecule has 0 spiro atoms. The zero-order valence-corrected chi connectivity index (χ0v) is 19.1. The number of aromatic nitrogens is 1. The van der Waals surface area contributed by atoms with Crippen molar-refractivity contribution < 1.29 is 0 Å². The van der Waals surface area contributed by atoms with Gasteiger partial charge in [0.25, 0.3) is 0 Å². The summed E-state index contributed by atoms with van der Waals surface area (Å²) < 4.78 is 1.30. The molecule has 1 nitrogen and oxygen atoms in total. The van der Waals surface area contributed by atoms with Crippen molar-refractivity contribution in [2.24, 2.45) is 5.41 Å². The van der Waals surface area contributed by atoms with Crippen LogP contribution in [0.4, 0.5) is 0 Å². The number of hydrogen-bond acceptors (Lipinski definition) is 3. The summed E-state index contributed by atoms with van der Waals surface area (Å²) in [6.45, 7) is 13.5. The molecule has 0 N–H and O–H groups in total. The Hall–Kier alpha value is -1.97. The third-order valence-corrected chi connectivity index (χ3v) is 7.52. The Kier molecular flexibility index (Phi) is 4.93. The van der Waals surface area contributed by atoms with Crippen molar-refractivity contribution >= 4 is 32.8 Å². The van der Waals surface area contributed by atoms with E-state index >= 15 is 0 Å². The molecule has 1 aromatic carbocycles. The van der Waals surface area contributed by atoms with Gasteiger partial charge in [-0.05, 0) is 73.9 Å². The highest BCUT2D eigenvalue weighted by Gasteiger charge is 2.18. The minimum Gasteiger partial charge on any atom is -0.255 e. The van der Waals surface area contributed by atoms with Crippen molar-refractivity contribution in [1.29, 1.82) is 0 Å². The van der Waals surface area contributed by atoms with Gasteiger partial charge in [-0.2, -0.15) is 0 Å². The van der Waals surface area contributed by atoms with Crippen molar-refractivity contribution in [3.05, 3.63) is 64.2 Å². The van der Waals surface area contributed by atoms with Gasteiger partial charge in [-0.25, -0.2) is 0 Å². The van der Waals surface area contributed by atoms with Gasteiger partial charge < -0.3 is 0 Å². The normalized spacial score (nSPS) is 12.1. The maximum Gasteiger partial charge on any atom is 0.0880 e. The zero-order valence-electron chi connectivity index (χ0n) is 17.5. The molecule has 0 saturated heterocycles. The third kappa shape index (κ3) is 3.78. The predicted molar refractivity (Wildman–Crippen MR) is 126 cm³/mol. The Morgan fingerprint density at radius 1 is 0.893 bits per heavy atom. The smallest absolute Gasteiger partial charge is 0.0880 e. The van der Waals surface area contributed by atoms with Gasteiger partial charge in [0.05, 0.1) is 10.4 Å². The molecule has 0 saturated carbocycles. The molecule has 0 fully saturated rings. The Morgan fingerprint density at radius 2 is 1.61 bits per heavy atom. The first kappa shape index (κ1) is 19.4. The molecule has 3 aromatic heterocycles. The quantitative estimate of drug-likeness (QED) is 0.335. The second kappa shape index (κ2) is 7.13. The zero-order chi connectivity index (χ0) is 20.1. The molecule has 3 heteroatoms. The monoisotopic (exact) mass is 405 g/mol. The van der Waals surface area contributed by atoms with Crippen LogP contribution in [0, 0.1) is 26.2 Å². The van der Waals surface area contributed by atoms with E-state index < -0.39 is 0 Å². The highest BCUT2D eigenvalue weighted by molar-refractivity contribution is 7.26. The fourth-order valence-corrected chi connectivity index (χ4v) is 6.61. The minimum atomic E-state index is 0.317. The maximum absolute atomic E-state index is 4.77. The van der Waals surface area contributed by atoms with Crippen LogP contribution in [-0.4, -0.2) is 4.98 Å². The molecule has 0 unspecified atom stereocenters. The second-order valence-corrected chi connectivity index (χ2v) is 11.2. The number of fused-ring (bicyclic) bond motifs is 1. The van der Waals surface area contributed by atoms with Crippen LogP contribution in [0.15, 0.2) is 42.6 Å². The van der Waals surface area contributed by atoms with E-state index in [0.717, 1.165) is 12.1 Å². The molecular formula is C25H27NS2. The number of nitrogens with zero attached hydrogens (tertiary/aromatic N) is 1. The number of hydrogen-bond donors (Lipinski definition) is 0. The Bertz CT molecular complexity index is 1130. The van der Waals surface area contributed by atoms with Crippen molar-refractivity contribution in [3.8, 4) is 21.0 Å². The van der Waals surface area contributed by atoms with Gasteiger partial charge in [0.1, 0.15) is 0 Å². The molecule has 3 heterocycles. The maximum atomic E-state index is 4.77. The first-order valence-corrected chi connectivity index (χ1v) is 11.4. The number of pyridine rings is 1. The van der Waals surface area contributed by atoms with E-state index in [0.29, 0.717) is 5.41 Å². The highest BCUT2D eigenvalue weighted by Crippen LogP contribution is 2.44. The van der Waals surface area contributed by atoms with E-state index in [1.165, 1.54) is 47.0 Å². The molecule has 0 amide bonds. The second-order valence-electron chi connectivity index (χ2n) is 8.97. The summed E-state index contributed by atoms with van der Waals surface area (Å²) in [5.41, 5.74) is 6.58. The summed E-state index contributed by atoms with van der Waals surface area (Å²) in [7, 11) is 0. The number of aryl methyl sites for hydroxylation is 3. The lowest BCUT2D eigenvalue weighted by Gasteiger charge is -2.16. The van der Waals surface area contributed by atoms with Crippen LogP contribution in [0.1, 0.15) is 42.3 Å². The van der Waals surface area contributed by atoms with Crippen LogP contribution in [-0.2, 0) is 6.42 Å². The van der Waals surface area contributed by atoms with Gasteiger partial charge in [0, 0.05) is 26.4 Å². The summed E-state index contributed by atoms with van der Waals surface area (Å²) in [6.07, 6.45) is 3.08. The third-order valence-electron chi connectivity index (χ3n) is 4.94. The Labute approximate surface area is 176 Å². The van der Waals surface area contributed by atoms with Gasteiger partial charge in [0.2, 0.25) is 0 Å². The van der Waals surface area contributed by atoms with E-state index in [9.17, 15) is 0 Å². The molecule has 28 heavy (non-hydrogen) atoms. The number of benzene rings is 1. The molecule has 4 rings (SSSR count). The average Bonchev–Trinajstić information content (AvgIpc) is 3.17. The standard InChI is InChI=1S/C25H27NS2/c1-15-11-16(2)13-18(12-15)22-24-20(9-10-26-22)17(3)23(28-24)21-8-7-19(27-21)14-25(4,5)6/h7-13H,14H2,1-6H3. The van der Waals surface area contributed by atoms with Crippen molar-refractivity contribution in [3.63, 3.8) is 0 Å². The van der Waals surface area contributed by atoms with Crippen LogP contribution in [0.5, 0.6) is 0 Å². The van der Waals surface area contributed by atoms with Gasteiger partial charge in [-0.3, -0.25) is 4.98 Å². The fourth-order valence-electron chi connectivity index (χ4n) is 3.82. The molecule has 0 radical (unpaired) electrons. The molecule has 0 bridgehead atoms. The number of thiophene rings is 2. The van der Waals surface area contributed by atoms with Crippen molar-refractivity contribution in [2.45, 2.75) is 48.0 Å². The van der Waals surface area contributed by atoms with E-state index in [1.807, 2.05) is 28.9 Å². The minimum absolute atomic E-state index is 0.317. The molecule has 144 valence electrons. The van der Waals surface area contributed by atoms with Crippen LogP contribution in [0.25, 0.3) is 31.1 Å². The summed E-state index contributed by atoms with van der Waals surface area (Å²) in [5.74, 6) is 0. The van der Waals surface area contributed by atoms with Gasteiger partial charge in [-0.15, -0.1) is 22.7 Å². The lowest BCUT2D eigenvalue weighted by atomic mass is 9.92. The largest absolute Gasteiger partial charge is 0.255 e. The van der Waals surface area contributed by atoms with Crippen LogP contribution >= 0.6 is 22.7 Å². The summed E-state index contributed by atoms with van der Waals surface area (Å²) >= 11 is 3.83. The summed E-state index contributed by atoms with van der Waals surface area (Å²) in [5, 5.41) is 1.33. The molecule has 0 aliphatic rings. The van der Waals surface area contributed by atoms with Gasteiger partial charge in [0.15, 0.2) is 0 Å². The van der Waals surface area contributed by atoms with Crippen LogP contribution in [0.2, 0.25) is 0 Å². The SMILES string of the molecule is Cc1cc(C)cc(-c2nccc3c(C)c(-c4ccc(CC(C)(C)C)s4)sc23)c1. The predicted octanol–water partition coefficient (Wildman–Crippen LogP) is 8.21. The van der Waals surface area contributed by atoms with Gasteiger partial charge >= 0.3 is 0 Å². The molecule has 0 atom stereocenters. The van der Waals surface area contributed by atoms with E-state index in [1.54, 1.807) is 0 Å². The molecule has 0 aliphatic heterocycles. The Morgan fingerprint density at radius 3 is 2.29 bits per heavy atom. The fraction of sp³-hybridized carbons (Fsp3) is 0.320. The lowest BCUT2D eigenvalue weighted by Crippen LogP contribution is -2.07. The Balaban J connectivity index is 1.83. The first-order valence-electron chi connectivity index (χ1n) is 9.77. The van der Waals surface area contributed by atoms with Crippen molar-refractivity contribution in [1.82, 2.24) is 4.98 Å². The summed E-state index contributed by atoms with van der Waals surface area (Å²) in [6, 6.07) is 13.5. The van der Waals surface area contributed by atoms with Crippen molar-refractivity contribution in [2.75, 3.05) is 0 Å². The summed E-state index contributed by atoms with van der Waals surface area (Å²) in [4.78, 5) is 9.01. The van der Waals surface area contributed by atoms with E-state index in [2.05, 4.69) is 77.9 Å². The first-order chi connectivity index (χ1) is 13.2. The van der Waals surface area contributed by atoms with E-state index in [-0.39, 0.29) is 0 Å². The molecule has 0 aliphatic carbocycles. The molecule has 4 aromatic rings. The van der Waals surface area contributed by atoms with E-state index in [4.69, 9.17) is 4.98 Å². The number of rotatable bonds is 3. The van der Waals surface area contributed by atoms with Gasteiger partial charge in [-0.1, -0.05) is 38.0 Å². The van der Waals surface area contributed by atoms with Crippen LogP contribution in [0.3, 0.4) is 0 Å². The average molecular weight is 406 g/mol. The lowest BCUT2D eigenvalue weighted by molar-refractivity contribution is 0.414. The molecular weight excluding hydrogens is 378 g/mol. The van der Waals surface area contributed by atoms with Crippen LogP contribution < -0.4 is 0 Å².